The molecule has 0 bridgehead atoms. The zero-order valence-corrected chi connectivity index (χ0v) is 13.3. The van der Waals surface area contributed by atoms with E-state index in [2.05, 4.69) is 5.32 Å². The Morgan fingerprint density at radius 3 is 2.24 bits per heavy atom. The highest BCUT2D eigenvalue weighted by molar-refractivity contribution is 7.99. The largest absolute Gasteiger partial charge is 0.313 e. The van der Waals surface area contributed by atoms with Crippen molar-refractivity contribution in [3.63, 3.8) is 0 Å². The molecule has 0 aliphatic rings. The van der Waals surface area contributed by atoms with Crippen molar-refractivity contribution < 1.29 is 8.78 Å². The van der Waals surface area contributed by atoms with Gasteiger partial charge in [-0.1, -0.05) is 24.8 Å². The quantitative estimate of drug-likeness (QED) is 0.848. The number of hydrogen-bond donors (Lipinski definition) is 1. The van der Waals surface area contributed by atoms with Crippen LogP contribution in [-0.4, -0.2) is 6.54 Å². The molecule has 1 nitrogen and oxygen atoms in total. The third-order valence-corrected chi connectivity index (χ3v) is 4.42. The van der Waals surface area contributed by atoms with Crippen LogP contribution in [-0.2, 0) is 6.54 Å². The molecule has 0 fully saturated rings. The molecule has 1 N–H and O–H groups in total. The molecule has 0 heterocycles. The first-order valence-corrected chi connectivity index (χ1v) is 7.76. The van der Waals surface area contributed by atoms with Crippen LogP contribution in [0.25, 0.3) is 0 Å². The smallest absolute Gasteiger partial charge is 0.140 e. The second-order valence-electron chi connectivity index (χ2n) is 5.02. The van der Waals surface area contributed by atoms with E-state index >= 15 is 0 Å². The standard InChI is InChI=1S/C17H19F2NS/c1-4-20-10-13-8-15(18)17(16(19)9-13)21-14-6-5-11(2)12(3)7-14/h5-9,20H,4,10H2,1-3H3. The van der Waals surface area contributed by atoms with Gasteiger partial charge in [0, 0.05) is 11.4 Å². The van der Waals surface area contributed by atoms with E-state index < -0.39 is 11.6 Å². The van der Waals surface area contributed by atoms with Crippen LogP contribution in [0, 0.1) is 25.5 Å². The van der Waals surface area contributed by atoms with E-state index in [-0.39, 0.29) is 4.90 Å². The predicted molar refractivity (Wildman–Crippen MR) is 83.8 cm³/mol. The molecule has 0 aliphatic carbocycles. The first-order chi connectivity index (χ1) is 10.0. The monoisotopic (exact) mass is 307 g/mol. The fourth-order valence-electron chi connectivity index (χ4n) is 1.98. The molecule has 0 aliphatic heterocycles. The van der Waals surface area contributed by atoms with Crippen molar-refractivity contribution in [1.29, 1.82) is 0 Å². The number of halogens is 2. The highest BCUT2D eigenvalue weighted by atomic mass is 32.2. The van der Waals surface area contributed by atoms with Crippen LogP contribution < -0.4 is 5.32 Å². The van der Waals surface area contributed by atoms with E-state index in [1.807, 2.05) is 39.0 Å². The summed E-state index contributed by atoms with van der Waals surface area (Å²) in [5, 5.41) is 3.06. The molecular formula is C17H19F2NS. The molecule has 2 rings (SSSR count). The summed E-state index contributed by atoms with van der Waals surface area (Å²) in [6, 6.07) is 8.60. The van der Waals surface area contributed by atoms with Crippen molar-refractivity contribution in [3.05, 3.63) is 58.7 Å². The van der Waals surface area contributed by atoms with Crippen molar-refractivity contribution in [2.45, 2.75) is 37.1 Å². The zero-order chi connectivity index (χ0) is 15.4. The summed E-state index contributed by atoms with van der Waals surface area (Å²) >= 11 is 1.13. The molecule has 2 aromatic rings. The van der Waals surface area contributed by atoms with E-state index in [1.54, 1.807) is 0 Å². The summed E-state index contributed by atoms with van der Waals surface area (Å²) in [4.78, 5) is 0.897. The molecule has 21 heavy (non-hydrogen) atoms. The Hall–Kier alpha value is -1.39. The SMILES string of the molecule is CCNCc1cc(F)c(Sc2ccc(C)c(C)c2)c(F)c1. The Bertz CT molecular complexity index is 618. The minimum Gasteiger partial charge on any atom is -0.313 e. The van der Waals surface area contributed by atoms with Crippen LogP contribution in [0.5, 0.6) is 0 Å². The number of rotatable bonds is 5. The lowest BCUT2D eigenvalue weighted by molar-refractivity contribution is 0.535. The fraction of sp³-hybridized carbons (Fsp3) is 0.294. The van der Waals surface area contributed by atoms with Gasteiger partial charge in [-0.3, -0.25) is 0 Å². The number of nitrogens with one attached hydrogen (secondary N) is 1. The zero-order valence-electron chi connectivity index (χ0n) is 12.5. The Morgan fingerprint density at radius 1 is 1.00 bits per heavy atom. The van der Waals surface area contributed by atoms with Crippen molar-refractivity contribution in [3.8, 4) is 0 Å². The van der Waals surface area contributed by atoms with Gasteiger partial charge in [0.2, 0.25) is 0 Å². The third-order valence-electron chi connectivity index (χ3n) is 3.34. The Balaban J connectivity index is 2.25. The maximum Gasteiger partial charge on any atom is 0.140 e. The van der Waals surface area contributed by atoms with Crippen molar-refractivity contribution in [1.82, 2.24) is 5.32 Å². The van der Waals surface area contributed by atoms with Gasteiger partial charge in [-0.05, 0) is 61.3 Å². The fourth-order valence-corrected chi connectivity index (χ4v) is 2.90. The molecule has 0 unspecified atom stereocenters. The van der Waals surface area contributed by atoms with Crippen LogP contribution in [0.4, 0.5) is 8.78 Å². The van der Waals surface area contributed by atoms with Crippen molar-refractivity contribution >= 4 is 11.8 Å². The van der Waals surface area contributed by atoms with E-state index in [4.69, 9.17) is 0 Å². The van der Waals surface area contributed by atoms with Crippen LogP contribution >= 0.6 is 11.8 Å². The average molecular weight is 307 g/mol. The Kier molecular flexibility index (Phi) is 5.37. The summed E-state index contributed by atoms with van der Waals surface area (Å²) in [6.45, 7) is 7.20. The first-order valence-electron chi connectivity index (χ1n) is 6.95. The lowest BCUT2D eigenvalue weighted by atomic mass is 10.1. The minimum absolute atomic E-state index is 0.0542. The van der Waals surface area contributed by atoms with Gasteiger partial charge >= 0.3 is 0 Å². The predicted octanol–water partition coefficient (Wildman–Crippen LogP) is 4.84. The van der Waals surface area contributed by atoms with Gasteiger partial charge in [-0.2, -0.15) is 0 Å². The topological polar surface area (TPSA) is 12.0 Å². The molecule has 2 aromatic carbocycles. The van der Waals surface area contributed by atoms with Gasteiger partial charge in [-0.25, -0.2) is 8.78 Å². The number of aryl methyl sites for hydroxylation is 2. The molecule has 0 amide bonds. The molecule has 112 valence electrons. The van der Waals surface area contributed by atoms with Crippen LogP contribution in [0.1, 0.15) is 23.6 Å². The summed E-state index contributed by atoms with van der Waals surface area (Å²) in [5.41, 5.74) is 2.90. The van der Waals surface area contributed by atoms with E-state index in [9.17, 15) is 8.78 Å². The molecule has 0 saturated heterocycles. The van der Waals surface area contributed by atoms with Gasteiger partial charge < -0.3 is 5.32 Å². The third kappa shape index (κ3) is 4.05. The molecule has 0 spiro atoms. The second-order valence-corrected chi connectivity index (χ2v) is 6.10. The highest BCUT2D eigenvalue weighted by Gasteiger charge is 2.13. The number of hydrogen-bond acceptors (Lipinski definition) is 2. The van der Waals surface area contributed by atoms with Gasteiger partial charge in [0.25, 0.3) is 0 Å². The van der Waals surface area contributed by atoms with Crippen LogP contribution in [0.3, 0.4) is 0 Å². The normalized spacial score (nSPS) is 10.9. The van der Waals surface area contributed by atoms with E-state index in [1.165, 1.54) is 17.7 Å². The molecule has 0 aromatic heterocycles. The van der Waals surface area contributed by atoms with E-state index in [0.29, 0.717) is 12.1 Å². The maximum atomic E-state index is 14.1. The lowest BCUT2D eigenvalue weighted by Crippen LogP contribution is -2.12. The van der Waals surface area contributed by atoms with Crippen molar-refractivity contribution in [2.75, 3.05) is 6.54 Å². The second kappa shape index (κ2) is 7.05. The van der Waals surface area contributed by atoms with Gasteiger partial charge in [-0.15, -0.1) is 0 Å². The molecule has 0 radical (unpaired) electrons. The minimum atomic E-state index is -0.508. The molecule has 4 heteroatoms. The van der Waals surface area contributed by atoms with Gasteiger partial charge in [0.05, 0.1) is 4.90 Å². The van der Waals surface area contributed by atoms with Crippen LogP contribution in [0.2, 0.25) is 0 Å². The molecular weight excluding hydrogens is 288 g/mol. The first kappa shape index (κ1) is 16.0. The summed E-state index contributed by atoms with van der Waals surface area (Å²) in [7, 11) is 0. The van der Waals surface area contributed by atoms with Gasteiger partial charge in [0.1, 0.15) is 11.6 Å². The summed E-state index contributed by atoms with van der Waals surface area (Å²) in [5.74, 6) is -1.02. The Morgan fingerprint density at radius 2 is 1.67 bits per heavy atom. The average Bonchev–Trinajstić information content (AvgIpc) is 2.44. The molecule has 0 saturated carbocycles. The summed E-state index contributed by atoms with van der Waals surface area (Å²) in [6.07, 6.45) is 0. The van der Waals surface area contributed by atoms with Crippen molar-refractivity contribution in [2.24, 2.45) is 0 Å². The maximum absolute atomic E-state index is 14.1. The number of benzene rings is 2. The van der Waals surface area contributed by atoms with Gasteiger partial charge in [0.15, 0.2) is 0 Å². The highest BCUT2D eigenvalue weighted by Crippen LogP contribution is 2.33. The summed E-state index contributed by atoms with van der Waals surface area (Å²) < 4.78 is 28.2. The lowest BCUT2D eigenvalue weighted by Gasteiger charge is -2.09. The van der Waals surface area contributed by atoms with Crippen LogP contribution in [0.15, 0.2) is 40.1 Å². The Labute approximate surface area is 128 Å². The molecule has 0 atom stereocenters. The van der Waals surface area contributed by atoms with E-state index in [0.717, 1.165) is 28.8 Å².